The molecule has 2 aliphatic carbocycles. The number of nitrogens with one attached hydrogen (secondary N) is 2. The number of nitrogens with zero attached hydrogens (tertiary/aromatic N) is 1. The van der Waals surface area contributed by atoms with Crippen molar-refractivity contribution in [2.24, 2.45) is 10.4 Å². The number of methoxy groups -OCH3 is 1. The highest BCUT2D eigenvalue weighted by Gasteiger charge is 2.59. The van der Waals surface area contributed by atoms with Crippen LogP contribution in [0.2, 0.25) is 0 Å². The number of benzene rings is 1. The van der Waals surface area contributed by atoms with Gasteiger partial charge in [-0.25, -0.2) is 4.39 Å². The van der Waals surface area contributed by atoms with Crippen molar-refractivity contribution in [1.82, 2.24) is 10.6 Å². The standard InChI is InChI=1S/C20H30FN3O2.HI/c1-5-26-18-12-17(20(18)9-6-10-20)24-19(22-3)23-13(2)14-7-8-16(25-4)15(21)11-14;/h7-8,11,13,17-18H,5-6,9-10,12H2,1-4H3,(H2,22,23,24);1H. The predicted octanol–water partition coefficient (Wildman–Crippen LogP) is 4.03. The van der Waals surface area contributed by atoms with E-state index >= 15 is 0 Å². The number of aliphatic imine (C=N–C) groups is 1. The van der Waals surface area contributed by atoms with Gasteiger partial charge in [0, 0.05) is 25.1 Å². The van der Waals surface area contributed by atoms with Crippen LogP contribution in [0.5, 0.6) is 5.75 Å². The minimum atomic E-state index is -0.353. The molecule has 0 bridgehead atoms. The summed E-state index contributed by atoms with van der Waals surface area (Å²) in [6.07, 6.45) is 5.08. The van der Waals surface area contributed by atoms with E-state index in [0.29, 0.717) is 12.1 Å². The molecule has 0 saturated heterocycles. The second-order valence-electron chi connectivity index (χ2n) is 7.30. The van der Waals surface area contributed by atoms with Crippen molar-refractivity contribution in [2.45, 2.75) is 57.7 Å². The fourth-order valence-electron chi connectivity index (χ4n) is 4.22. The lowest BCUT2D eigenvalue weighted by Crippen LogP contribution is -2.68. The van der Waals surface area contributed by atoms with Crippen LogP contribution in [0.15, 0.2) is 23.2 Å². The number of halogens is 2. The zero-order valence-electron chi connectivity index (χ0n) is 16.5. The second kappa shape index (κ2) is 9.41. The van der Waals surface area contributed by atoms with Crippen LogP contribution in [0.25, 0.3) is 0 Å². The maximum absolute atomic E-state index is 14.0. The summed E-state index contributed by atoms with van der Waals surface area (Å²) in [6.45, 7) is 4.83. The quantitative estimate of drug-likeness (QED) is 0.359. The summed E-state index contributed by atoms with van der Waals surface area (Å²) in [6, 6.07) is 5.35. The van der Waals surface area contributed by atoms with Gasteiger partial charge in [0.25, 0.3) is 0 Å². The van der Waals surface area contributed by atoms with Crippen LogP contribution in [0.1, 0.15) is 51.1 Å². The molecular weight excluding hydrogens is 460 g/mol. The second-order valence-corrected chi connectivity index (χ2v) is 7.30. The summed E-state index contributed by atoms with van der Waals surface area (Å²) < 4.78 is 24.9. The van der Waals surface area contributed by atoms with E-state index in [4.69, 9.17) is 9.47 Å². The van der Waals surface area contributed by atoms with Gasteiger partial charge in [0.1, 0.15) is 0 Å². The lowest BCUT2D eigenvalue weighted by molar-refractivity contribution is -0.168. The molecular formula is C20H31FIN3O2. The molecule has 2 saturated carbocycles. The van der Waals surface area contributed by atoms with Crippen LogP contribution >= 0.6 is 24.0 Å². The molecule has 0 aromatic heterocycles. The summed E-state index contributed by atoms with van der Waals surface area (Å²) in [5, 5.41) is 6.93. The number of ether oxygens (including phenoxy) is 2. The van der Waals surface area contributed by atoms with Gasteiger partial charge in [-0.05, 0) is 50.8 Å². The molecule has 5 nitrogen and oxygen atoms in total. The Labute approximate surface area is 178 Å². The van der Waals surface area contributed by atoms with E-state index in [1.165, 1.54) is 32.4 Å². The average Bonchev–Trinajstić information content (AvgIpc) is 2.58. The van der Waals surface area contributed by atoms with Crippen LogP contribution in [0.3, 0.4) is 0 Å². The first-order chi connectivity index (χ1) is 12.5. The van der Waals surface area contributed by atoms with Gasteiger partial charge in [-0.2, -0.15) is 0 Å². The largest absolute Gasteiger partial charge is 0.494 e. The third-order valence-corrected chi connectivity index (χ3v) is 6.00. The van der Waals surface area contributed by atoms with Crippen molar-refractivity contribution < 1.29 is 13.9 Å². The highest BCUT2D eigenvalue weighted by atomic mass is 127. The summed E-state index contributed by atoms with van der Waals surface area (Å²) >= 11 is 0. The maximum Gasteiger partial charge on any atom is 0.191 e. The minimum Gasteiger partial charge on any atom is -0.494 e. The van der Waals surface area contributed by atoms with Gasteiger partial charge in [0.2, 0.25) is 0 Å². The Morgan fingerprint density at radius 1 is 1.41 bits per heavy atom. The summed E-state index contributed by atoms with van der Waals surface area (Å²) in [5.41, 5.74) is 1.12. The normalized spacial score (nSPS) is 24.3. The van der Waals surface area contributed by atoms with E-state index in [1.54, 1.807) is 13.1 Å². The number of hydrogen-bond acceptors (Lipinski definition) is 3. The number of hydrogen-bond donors (Lipinski definition) is 2. The maximum atomic E-state index is 14.0. The predicted molar refractivity (Wildman–Crippen MR) is 117 cm³/mol. The molecule has 152 valence electrons. The molecule has 0 amide bonds. The number of guanidine groups is 1. The Balaban J connectivity index is 0.00000261. The van der Waals surface area contributed by atoms with Crippen LogP contribution < -0.4 is 15.4 Å². The van der Waals surface area contributed by atoms with Crippen molar-refractivity contribution in [2.75, 3.05) is 20.8 Å². The van der Waals surface area contributed by atoms with Gasteiger partial charge in [-0.15, -0.1) is 24.0 Å². The molecule has 2 N–H and O–H groups in total. The molecule has 3 rings (SSSR count). The summed E-state index contributed by atoms with van der Waals surface area (Å²) in [7, 11) is 3.23. The number of rotatable bonds is 6. The monoisotopic (exact) mass is 491 g/mol. The van der Waals surface area contributed by atoms with Crippen molar-refractivity contribution in [3.63, 3.8) is 0 Å². The summed E-state index contributed by atoms with van der Waals surface area (Å²) in [4.78, 5) is 4.36. The smallest absolute Gasteiger partial charge is 0.191 e. The van der Waals surface area contributed by atoms with E-state index < -0.39 is 0 Å². The van der Waals surface area contributed by atoms with E-state index in [2.05, 4.69) is 22.5 Å². The first-order valence-corrected chi connectivity index (χ1v) is 9.49. The van der Waals surface area contributed by atoms with Crippen LogP contribution in [-0.2, 0) is 4.74 Å². The van der Waals surface area contributed by atoms with Crippen molar-refractivity contribution in [3.8, 4) is 5.75 Å². The zero-order valence-corrected chi connectivity index (χ0v) is 18.9. The van der Waals surface area contributed by atoms with Crippen molar-refractivity contribution >= 4 is 29.9 Å². The third kappa shape index (κ3) is 4.34. The van der Waals surface area contributed by atoms with Gasteiger partial charge in [-0.1, -0.05) is 12.5 Å². The van der Waals surface area contributed by atoms with Gasteiger partial charge >= 0.3 is 0 Å². The highest BCUT2D eigenvalue weighted by Crippen LogP contribution is 2.57. The van der Waals surface area contributed by atoms with Crippen LogP contribution in [0, 0.1) is 11.2 Å². The van der Waals surface area contributed by atoms with Crippen molar-refractivity contribution in [1.29, 1.82) is 0 Å². The Kier molecular flexibility index (Phi) is 7.73. The third-order valence-electron chi connectivity index (χ3n) is 6.00. The molecule has 1 spiro atoms. The summed E-state index contributed by atoms with van der Waals surface area (Å²) in [5.74, 6) is 0.653. The van der Waals surface area contributed by atoms with Gasteiger partial charge < -0.3 is 20.1 Å². The Morgan fingerprint density at radius 2 is 2.15 bits per heavy atom. The van der Waals surface area contributed by atoms with E-state index in [1.807, 2.05) is 13.0 Å². The molecule has 0 radical (unpaired) electrons. The Bertz CT molecular complexity index is 667. The fraction of sp³-hybridized carbons (Fsp3) is 0.650. The molecule has 2 fully saturated rings. The van der Waals surface area contributed by atoms with Gasteiger partial charge in [0.15, 0.2) is 17.5 Å². The van der Waals surface area contributed by atoms with E-state index in [-0.39, 0.29) is 47.0 Å². The van der Waals surface area contributed by atoms with Crippen molar-refractivity contribution in [3.05, 3.63) is 29.6 Å². The molecule has 3 unspecified atom stereocenters. The molecule has 1 aromatic carbocycles. The fourth-order valence-corrected chi connectivity index (χ4v) is 4.22. The first-order valence-electron chi connectivity index (χ1n) is 9.49. The molecule has 27 heavy (non-hydrogen) atoms. The van der Waals surface area contributed by atoms with Crippen LogP contribution in [0.4, 0.5) is 4.39 Å². The van der Waals surface area contributed by atoms with Gasteiger partial charge in [0.05, 0.1) is 19.3 Å². The van der Waals surface area contributed by atoms with Gasteiger partial charge in [-0.3, -0.25) is 4.99 Å². The molecule has 0 aliphatic heterocycles. The topological polar surface area (TPSA) is 54.9 Å². The minimum absolute atomic E-state index is 0. The highest BCUT2D eigenvalue weighted by molar-refractivity contribution is 14.0. The Morgan fingerprint density at radius 3 is 2.67 bits per heavy atom. The Hall–Kier alpha value is -1.09. The average molecular weight is 491 g/mol. The first kappa shape index (κ1) is 22.2. The van der Waals surface area contributed by atoms with E-state index in [9.17, 15) is 4.39 Å². The lowest BCUT2D eigenvalue weighted by Gasteiger charge is -2.61. The molecule has 7 heteroatoms. The van der Waals surface area contributed by atoms with E-state index in [0.717, 1.165) is 24.6 Å². The molecule has 0 heterocycles. The lowest BCUT2D eigenvalue weighted by atomic mass is 9.51. The molecule has 3 atom stereocenters. The zero-order chi connectivity index (χ0) is 18.7. The molecule has 1 aromatic rings. The SMILES string of the molecule is CCOC1CC(NC(=NC)NC(C)c2ccc(OC)c(F)c2)C12CCC2.I. The molecule has 2 aliphatic rings. The van der Waals surface area contributed by atoms with Crippen LogP contribution in [-0.4, -0.2) is 38.9 Å².